The smallest absolute Gasteiger partial charge is 0.462 e. The molecule has 3 fully saturated rings. The standard InChI is InChI=1S/C56H103O23P/c1-3-5-7-9-11-13-15-17-19-21-23-25-27-29-31-33-42(60)74-38(36-72-41(59)32-30-28-26-24-22-20-18-16-14-12-10-8-6-4-2)37-73-80(70,71)79-54-52(77-55-50(68)45(63)43(61)39(34-57)75-55)48(66)47(65)49(67)53(54)78-56-51(69)46(64)44(62)40(35-58)76-56/h20,22,38-40,43-58,61-69H,3-19,21,23-37H2,1-2H3,(H,70,71)/b22-20-. The van der Waals surface area contributed by atoms with Crippen LogP contribution in [-0.4, -0.2) is 204 Å². The Morgan fingerprint density at radius 3 is 1.24 bits per heavy atom. The molecule has 1 aliphatic carbocycles. The van der Waals surface area contributed by atoms with Crippen LogP contribution in [0.5, 0.6) is 0 Å². The Labute approximate surface area is 473 Å². The van der Waals surface area contributed by atoms with E-state index in [0.717, 1.165) is 64.2 Å². The summed E-state index contributed by atoms with van der Waals surface area (Å²) >= 11 is 0. The van der Waals surface area contributed by atoms with Crippen LogP contribution in [-0.2, 0) is 51.6 Å². The lowest BCUT2D eigenvalue weighted by atomic mass is 9.84. The van der Waals surface area contributed by atoms with Crippen molar-refractivity contribution in [2.45, 2.75) is 304 Å². The van der Waals surface area contributed by atoms with Gasteiger partial charge in [0.2, 0.25) is 0 Å². The number of hydrogen-bond acceptors (Lipinski definition) is 22. The molecule has 0 aromatic carbocycles. The van der Waals surface area contributed by atoms with Gasteiger partial charge in [-0.2, -0.15) is 0 Å². The van der Waals surface area contributed by atoms with Gasteiger partial charge < -0.3 is 89.5 Å². The van der Waals surface area contributed by atoms with Gasteiger partial charge >= 0.3 is 19.8 Å². The van der Waals surface area contributed by atoms with Crippen LogP contribution in [0.15, 0.2) is 12.2 Å². The molecule has 23 nitrogen and oxygen atoms in total. The molecule has 2 heterocycles. The van der Waals surface area contributed by atoms with Gasteiger partial charge in [-0.05, 0) is 38.5 Å². The quantitative estimate of drug-likeness (QED) is 0.0175. The molecule has 3 rings (SSSR count). The maximum atomic E-state index is 14.0. The van der Waals surface area contributed by atoms with E-state index in [0.29, 0.717) is 12.8 Å². The predicted molar refractivity (Wildman–Crippen MR) is 291 cm³/mol. The van der Waals surface area contributed by atoms with E-state index in [4.69, 9.17) is 37.5 Å². The number of phosphoric acid groups is 1. The second-order valence-corrected chi connectivity index (χ2v) is 23.3. The zero-order chi connectivity index (χ0) is 58.9. The van der Waals surface area contributed by atoms with Crippen LogP contribution in [0.25, 0.3) is 0 Å². The first-order valence-corrected chi connectivity index (χ1v) is 31.5. The molecule has 12 N–H and O–H groups in total. The Morgan fingerprint density at radius 1 is 0.463 bits per heavy atom. The monoisotopic (exact) mass is 1170 g/mol. The number of unbranched alkanes of at least 4 members (excludes halogenated alkanes) is 24. The molecule has 1 saturated carbocycles. The van der Waals surface area contributed by atoms with Gasteiger partial charge in [0.15, 0.2) is 18.7 Å². The number of aliphatic hydroxyl groups excluding tert-OH is 11. The first-order valence-electron chi connectivity index (χ1n) is 30.0. The summed E-state index contributed by atoms with van der Waals surface area (Å²) in [5.74, 6) is -1.34. The van der Waals surface area contributed by atoms with E-state index >= 15 is 0 Å². The number of carbonyl (C=O) groups is 2. The molecule has 0 spiro atoms. The maximum absolute atomic E-state index is 14.0. The van der Waals surface area contributed by atoms with Crippen molar-refractivity contribution >= 4 is 19.8 Å². The van der Waals surface area contributed by atoms with E-state index in [-0.39, 0.29) is 12.8 Å². The van der Waals surface area contributed by atoms with Crippen molar-refractivity contribution in [3.63, 3.8) is 0 Å². The van der Waals surface area contributed by atoms with Crippen LogP contribution in [0, 0.1) is 0 Å². The molecular weight excluding hydrogens is 1070 g/mol. The van der Waals surface area contributed by atoms with Crippen molar-refractivity contribution < 1.29 is 113 Å². The Balaban J connectivity index is 1.70. The summed E-state index contributed by atoms with van der Waals surface area (Å²) in [6.45, 7) is 1.00. The molecule has 80 heavy (non-hydrogen) atoms. The molecule has 0 bridgehead atoms. The fourth-order valence-corrected chi connectivity index (χ4v) is 11.0. The number of allylic oxidation sites excluding steroid dienone is 2. The molecule has 2 saturated heterocycles. The molecule has 2 aliphatic heterocycles. The third-order valence-electron chi connectivity index (χ3n) is 15.1. The van der Waals surface area contributed by atoms with E-state index in [9.17, 15) is 75.2 Å². The summed E-state index contributed by atoms with van der Waals surface area (Å²) in [6.07, 6.45) is -0.936. The van der Waals surface area contributed by atoms with Crippen molar-refractivity contribution in [1.29, 1.82) is 0 Å². The second kappa shape index (κ2) is 41.3. The number of carbonyl (C=O) groups excluding carboxylic acids is 2. The van der Waals surface area contributed by atoms with Crippen LogP contribution in [0.4, 0.5) is 0 Å². The van der Waals surface area contributed by atoms with Gasteiger partial charge in [0.05, 0.1) is 19.8 Å². The van der Waals surface area contributed by atoms with E-state index in [1.165, 1.54) is 96.3 Å². The highest BCUT2D eigenvalue weighted by Gasteiger charge is 2.58. The third-order valence-corrected chi connectivity index (χ3v) is 16.1. The molecule has 470 valence electrons. The van der Waals surface area contributed by atoms with Gasteiger partial charge in [0, 0.05) is 12.8 Å². The van der Waals surface area contributed by atoms with Crippen LogP contribution < -0.4 is 0 Å². The van der Waals surface area contributed by atoms with Crippen molar-refractivity contribution in [2.75, 3.05) is 26.4 Å². The van der Waals surface area contributed by atoms with Crippen LogP contribution >= 0.6 is 7.82 Å². The van der Waals surface area contributed by atoms with Crippen molar-refractivity contribution in [3.8, 4) is 0 Å². The highest BCUT2D eigenvalue weighted by atomic mass is 31.2. The summed E-state index contributed by atoms with van der Waals surface area (Å²) in [5.41, 5.74) is 0. The SMILES string of the molecule is CCCCCCCCC/C=C\CCCCCC(=O)OCC(COP(=O)(O)OC1C(OC2OC(CO)C(O)C(O)C2O)C(O)C(O)C(O)C1OC1OC(CO)C(O)C(O)C1O)OC(=O)CCCCCCCCCCCCCCCCC. The molecule has 0 aromatic rings. The number of rotatable bonds is 44. The predicted octanol–water partition coefficient (Wildman–Crippen LogP) is 4.32. The van der Waals surface area contributed by atoms with Crippen molar-refractivity contribution in [1.82, 2.24) is 0 Å². The molecular formula is C56H103O23P. The minimum absolute atomic E-state index is 0.0302. The first kappa shape index (κ1) is 72.4. The van der Waals surface area contributed by atoms with Crippen LogP contribution in [0.1, 0.15) is 200 Å². The minimum atomic E-state index is -5.64. The molecule has 16 atom stereocenters. The fourth-order valence-electron chi connectivity index (χ4n) is 10.1. The summed E-state index contributed by atoms with van der Waals surface area (Å²) in [6, 6.07) is 0. The molecule has 16 unspecified atom stereocenters. The van der Waals surface area contributed by atoms with Crippen LogP contribution in [0.2, 0.25) is 0 Å². The lowest BCUT2D eigenvalue weighted by Gasteiger charge is -2.49. The van der Waals surface area contributed by atoms with E-state index in [1.54, 1.807) is 0 Å². The number of esters is 2. The number of hydrogen-bond donors (Lipinski definition) is 12. The largest absolute Gasteiger partial charge is 0.472 e. The Hall–Kier alpha value is -1.81. The maximum Gasteiger partial charge on any atom is 0.472 e. The Bertz CT molecular complexity index is 1640. The van der Waals surface area contributed by atoms with E-state index in [2.05, 4.69) is 26.0 Å². The minimum Gasteiger partial charge on any atom is -0.462 e. The van der Waals surface area contributed by atoms with Gasteiger partial charge in [-0.1, -0.05) is 161 Å². The van der Waals surface area contributed by atoms with Gasteiger partial charge in [-0.15, -0.1) is 0 Å². The van der Waals surface area contributed by atoms with Gasteiger partial charge in [0.1, 0.15) is 92.1 Å². The highest BCUT2D eigenvalue weighted by Crippen LogP contribution is 2.49. The molecule has 0 aromatic heterocycles. The average Bonchev–Trinajstić information content (AvgIpc) is 3.52. The molecule has 3 aliphatic rings. The highest BCUT2D eigenvalue weighted by molar-refractivity contribution is 7.47. The zero-order valence-corrected chi connectivity index (χ0v) is 48.5. The summed E-state index contributed by atoms with van der Waals surface area (Å²) in [4.78, 5) is 37.5. The van der Waals surface area contributed by atoms with Gasteiger partial charge in [-0.25, -0.2) is 4.57 Å². The summed E-state index contributed by atoms with van der Waals surface area (Å²) in [7, 11) is -5.64. The Morgan fingerprint density at radius 2 is 0.825 bits per heavy atom. The lowest BCUT2D eigenvalue weighted by Crippen LogP contribution is -2.69. The Kier molecular flexibility index (Phi) is 37.4. The van der Waals surface area contributed by atoms with Crippen molar-refractivity contribution in [2.24, 2.45) is 0 Å². The van der Waals surface area contributed by atoms with Crippen molar-refractivity contribution in [3.05, 3.63) is 12.2 Å². The summed E-state index contributed by atoms with van der Waals surface area (Å²) in [5, 5.41) is 117. The average molecular weight is 1180 g/mol. The number of aliphatic hydroxyl groups is 11. The van der Waals surface area contributed by atoms with E-state index in [1.807, 2.05) is 0 Å². The van der Waals surface area contributed by atoms with Gasteiger partial charge in [-0.3, -0.25) is 18.6 Å². The number of ether oxygens (including phenoxy) is 6. The molecule has 0 radical (unpaired) electrons. The molecule has 0 amide bonds. The molecule has 24 heteroatoms. The summed E-state index contributed by atoms with van der Waals surface area (Å²) < 4.78 is 58.1. The third kappa shape index (κ3) is 26.6. The second-order valence-electron chi connectivity index (χ2n) is 21.9. The number of phosphoric ester groups is 1. The normalized spacial score (nSPS) is 31.3. The topological polar surface area (TPSA) is 368 Å². The van der Waals surface area contributed by atoms with E-state index < -0.39 is 150 Å². The zero-order valence-electron chi connectivity index (χ0n) is 47.6. The van der Waals surface area contributed by atoms with Crippen LogP contribution in [0.3, 0.4) is 0 Å². The van der Waals surface area contributed by atoms with Gasteiger partial charge in [0.25, 0.3) is 0 Å². The first-order chi connectivity index (χ1) is 38.4. The fraction of sp³-hybridized carbons (Fsp3) is 0.929. The lowest BCUT2D eigenvalue weighted by molar-refractivity contribution is -0.360.